The van der Waals surface area contributed by atoms with Crippen LogP contribution in [0.2, 0.25) is 0 Å². The number of benzene rings is 3. The molecule has 0 saturated carbocycles. The van der Waals surface area contributed by atoms with Crippen molar-refractivity contribution in [2.24, 2.45) is 0 Å². The molecule has 0 amide bonds. The average Bonchev–Trinajstić information content (AvgIpc) is 3.26. The molecule has 0 aliphatic carbocycles. The molecular weight excluding hydrogens is 296 g/mol. The second kappa shape index (κ2) is 4.15. The fourth-order valence-corrected chi connectivity index (χ4v) is 3.86. The summed E-state index contributed by atoms with van der Waals surface area (Å²) in [5.41, 5.74) is 3.97. The molecule has 0 atom stereocenters. The van der Waals surface area contributed by atoms with Crippen molar-refractivity contribution in [3.05, 3.63) is 73.1 Å². The molecule has 3 heterocycles. The zero-order valence-corrected chi connectivity index (χ0v) is 12.7. The lowest BCUT2D eigenvalue weighted by Gasteiger charge is -2.09. The summed E-state index contributed by atoms with van der Waals surface area (Å²) in [6.45, 7) is 0. The summed E-state index contributed by atoms with van der Waals surface area (Å²) < 4.78 is 8.25. The van der Waals surface area contributed by atoms with Crippen molar-refractivity contribution >= 4 is 49.3 Å². The van der Waals surface area contributed by atoms with Crippen LogP contribution in [-0.4, -0.2) is 9.38 Å². The van der Waals surface area contributed by atoms with Gasteiger partial charge in [-0.25, -0.2) is 4.98 Å². The van der Waals surface area contributed by atoms with E-state index in [0.717, 1.165) is 33.1 Å². The molecule has 0 aliphatic rings. The van der Waals surface area contributed by atoms with Gasteiger partial charge in [-0.3, -0.25) is 4.40 Å². The number of fused-ring (bicyclic) bond motifs is 10. The van der Waals surface area contributed by atoms with E-state index >= 15 is 0 Å². The van der Waals surface area contributed by atoms with Crippen LogP contribution in [0.1, 0.15) is 0 Å². The van der Waals surface area contributed by atoms with E-state index < -0.39 is 0 Å². The minimum Gasteiger partial charge on any atom is -0.456 e. The molecule has 3 nitrogen and oxygen atoms in total. The fraction of sp³-hybridized carbons (Fsp3) is 0. The van der Waals surface area contributed by atoms with Crippen molar-refractivity contribution in [3.63, 3.8) is 0 Å². The van der Waals surface area contributed by atoms with E-state index in [0.29, 0.717) is 0 Å². The summed E-state index contributed by atoms with van der Waals surface area (Å²) in [6, 6.07) is 20.9. The zero-order valence-electron chi connectivity index (χ0n) is 12.7. The third-order valence-electron chi connectivity index (χ3n) is 4.86. The quantitative estimate of drug-likeness (QED) is 0.345. The van der Waals surface area contributed by atoms with E-state index in [1.54, 1.807) is 0 Å². The molecule has 0 N–H and O–H groups in total. The maximum atomic E-state index is 6.06. The highest BCUT2D eigenvalue weighted by Crippen LogP contribution is 2.38. The molecule has 24 heavy (non-hydrogen) atoms. The lowest BCUT2D eigenvalue weighted by molar-refractivity contribution is 0.669. The van der Waals surface area contributed by atoms with E-state index in [1.165, 1.54) is 16.2 Å². The Hall–Kier alpha value is -3.33. The van der Waals surface area contributed by atoms with Crippen LogP contribution in [0.25, 0.3) is 49.3 Å². The molecule has 0 unspecified atom stereocenters. The molecule has 6 rings (SSSR count). The molecular formula is C21H12N2O. The number of pyridine rings is 1. The zero-order chi connectivity index (χ0) is 15.7. The van der Waals surface area contributed by atoms with Gasteiger partial charge in [-0.2, -0.15) is 0 Å². The van der Waals surface area contributed by atoms with Gasteiger partial charge in [0.2, 0.25) is 0 Å². The number of hydrogen-bond acceptors (Lipinski definition) is 2. The second-order valence-corrected chi connectivity index (χ2v) is 6.10. The molecule has 0 bridgehead atoms. The van der Waals surface area contributed by atoms with Crippen molar-refractivity contribution in [3.8, 4) is 0 Å². The van der Waals surface area contributed by atoms with Crippen LogP contribution in [0.15, 0.2) is 77.5 Å². The molecule has 6 aromatic rings. The van der Waals surface area contributed by atoms with Crippen LogP contribution < -0.4 is 0 Å². The summed E-state index contributed by atoms with van der Waals surface area (Å²) >= 11 is 0. The Kier molecular flexibility index (Phi) is 2.10. The van der Waals surface area contributed by atoms with Gasteiger partial charge in [0.05, 0.1) is 10.9 Å². The monoisotopic (exact) mass is 308 g/mol. The maximum Gasteiger partial charge on any atom is 0.145 e. The van der Waals surface area contributed by atoms with Crippen molar-refractivity contribution in [1.82, 2.24) is 9.38 Å². The summed E-state index contributed by atoms with van der Waals surface area (Å²) in [5.74, 6) is 0. The lowest BCUT2D eigenvalue weighted by atomic mass is 10.0. The van der Waals surface area contributed by atoms with Crippen molar-refractivity contribution in [2.75, 3.05) is 0 Å². The van der Waals surface area contributed by atoms with Gasteiger partial charge in [0.25, 0.3) is 0 Å². The first-order valence-corrected chi connectivity index (χ1v) is 7.99. The predicted molar refractivity (Wildman–Crippen MR) is 97.5 cm³/mol. The molecule has 0 radical (unpaired) electrons. The van der Waals surface area contributed by atoms with Crippen LogP contribution in [-0.2, 0) is 0 Å². The lowest BCUT2D eigenvalue weighted by Crippen LogP contribution is -1.91. The topological polar surface area (TPSA) is 30.4 Å². The van der Waals surface area contributed by atoms with Gasteiger partial charge >= 0.3 is 0 Å². The number of nitrogens with zero attached hydrogens (tertiary/aromatic N) is 2. The van der Waals surface area contributed by atoms with Crippen molar-refractivity contribution in [2.45, 2.75) is 0 Å². The van der Waals surface area contributed by atoms with Gasteiger partial charge in [0.15, 0.2) is 0 Å². The predicted octanol–water partition coefficient (Wildman–Crippen LogP) is 5.54. The summed E-state index contributed by atoms with van der Waals surface area (Å²) in [6.07, 6.45) is 3.90. The molecule has 3 heteroatoms. The largest absolute Gasteiger partial charge is 0.456 e. The van der Waals surface area contributed by atoms with Crippen LogP contribution >= 0.6 is 0 Å². The Morgan fingerprint density at radius 1 is 0.708 bits per heavy atom. The molecule has 0 saturated heterocycles. The van der Waals surface area contributed by atoms with E-state index in [1.807, 2.05) is 24.5 Å². The highest BCUT2D eigenvalue weighted by molar-refractivity contribution is 6.24. The normalized spacial score (nSPS) is 12.2. The Labute approximate surface area is 136 Å². The van der Waals surface area contributed by atoms with Crippen LogP contribution in [0.3, 0.4) is 0 Å². The van der Waals surface area contributed by atoms with E-state index in [2.05, 4.69) is 57.9 Å². The smallest absolute Gasteiger partial charge is 0.145 e. The molecule has 0 aliphatic heterocycles. The Bertz CT molecular complexity index is 1410. The summed E-state index contributed by atoms with van der Waals surface area (Å²) in [7, 11) is 0. The summed E-state index contributed by atoms with van der Waals surface area (Å²) in [5, 5.41) is 5.90. The van der Waals surface area contributed by atoms with Gasteiger partial charge in [-0.1, -0.05) is 42.5 Å². The number of hydrogen-bond donors (Lipinski definition) is 0. The third-order valence-corrected chi connectivity index (χ3v) is 4.86. The van der Waals surface area contributed by atoms with Gasteiger partial charge in [-0.15, -0.1) is 0 Å². The molecule has 3 aromatic heterocycles. The number of imidazole rings is 1. The number of para-hydroxylation sites is 1. The Morgan fingerprint density at radius 3 is 2.42 bits per heavy atom. The van der Waals surface area contributed by atoms with Gasteiger partial charge in [0, 0.05) is 28.6 Å². The number of furan rings is 1. The highest BCUT2D eigenvalue weighted by Gasteiger charge is 2.15. The first-order valence-electron chi connectivity index (χ1n) is 7.99. The maximum absolute atomic E-state index is 6.06. The van der Waals surface area contributed by atoms with Crippen molar-refractivity contribution in [1.29, 1.82) is 0 Å². The molecule has 112 valence electrons. The first kappa shape index (κ1) is 12.1. The standard InChI is InChI=1S/C21H12N2O/c1-2-6-15-13(5-1)14-9-10-18-19(16-7-3-4-8-17(16)24-18)20(14)23-12-11-22-21(15)23/h1-12H. The van der Waals surface area contributed by atoms with Crippen LogP contribution in [0, 0.1) is 0 Å². The fourth-order valence-electron chi connectivity index (χ4n) is 3.86. The Balaban J connectivity index is 2.06. The molecule has 0 fully saturated rings. The second-order valence-electron chi connectivity index (χ2n) is 6.10. The SMILES string of the molecule is c1ccc2c(c1)oc1ccc3c4ccccc4c4nccn4c3c12. The van der Waals surface area contributed by atoms with E-state index in [-0.39, 0.29) is 0 Å². The van der Waals surface area contributed by atoms with Gasteiger partial charge in [0.1, 0.15) is 16.8 Å². The van der Waals surface area contributed by atoms with Gasteiger partial charge in [-0.05, 0) is 23.6 Å². The van der Waals surface area contributed by atoms with E-state index in [4.69, 9.17) is 4.42 Å². The Morgan fingerprint density at radius 2 is 1.50 bits per heavy atom. The average molecular weight is 308 g/mol. The van der Waals surface area contributed by atoms with Crippen molar-refractivity contribution < 1.29 is 4.42 Å². The van der Waals surface area contributed by atoms with Crippen LogP contribution in [0.5, 0.6) is 0 Å². The first-order chi connectivity index (χ1) is 11.9. The van der Waals surface area contributed by atoms with Crippen LogP contribution in [0.4, 0.5) is 0 Å². The minimum atomic E-state index is 0.911. The third kappa shape index (κ3) is 1.35. The van der Waals surface area contributed by atoms with Gasteiger partial charge < -0.3 is 4.42 Å². The molecule has 3 aromatic carbocycles. The highest BCUT2D eigenvalue weighted by atomic mass is 16.3. The van der Waals surface area contributed by atoms with E-state index in [9.17, 15) is 0 Å². The summed E-state index contributed by atoms with van der Waals surface area (Å²) in [4.78, 5) is 4.60. The molecule has 0 spiro atoms. The number of aromatic nitrogens is 2. The minimum absolute atomic E-state index is 0.911. The number of rotatable bonds is 0.